The maximum atomic E-state index is 11.2. The Labute approximate surface area is 109 Å². The number of nitrogens with one attached hydrogen (secondary N) is 3. The number of rotatable bonds is 5. The van der Waals surface area contributed by atoms with Crippen LogP contribution >= 0.6 is 0 Å². The van der Waals surface area contributed by atoms with Gasteiger partial charge in [-0.15, -0.1) is 0 Å². The molecular formula is C10H23N5O2S. The van der Waals surface area contributed by atoms with E-state index in [9.17, 15) is 8.42 Å². The second-order valence-corrected chi connectivity index (χ2v) is 6.42. The minimum Gasteiger partial charge on any atom is -0.353 e. The molecule has 0 aromatic heterocycles. The highest BCUT2D eigenvalue weighted by Gasteiger charge is 2.14. The second-order valence-electron chi connectivity index (χ2n) is 4.38. The van der Waals surface area contributed by atoms with Crippen molar-refractivity contribution in [1.29, 1.82) is 0 Å². The van der Waals surface area contributed by atoms with Crippen LogP contribution in [0.4, 0.5) is 0 Å². The first-order chi connectivity index (χ1) is 8.57. The van der Waals surface area contributed by atoms with Crippen molar-refractivity contribution in [1.82, 2.24) is 15.5 Å². The van der Waals surface area contributed by atoms with E-state index in [-0.39, 0.29) is 12.3 Å². The Morgan fingerprint density at radius 3 is 2.56 bits per heavy atom. The van der Waals surface area contributed by atoms with Crippen molar-refractivity contribution in [3.05, 3.63) is 0 Å². The van der Waals surface area contributed by atoms with Gasteiger partial charge in [-0.1, -0.05) is 19.3 Å². The number of nitrogens with two attached hydrogens (primary N) is 1. The number of hydrogen-bond acceptors (Lipinski definition) is 4. The Kier molecular flexibility index (Phi) is 6.37. The fourth-order valence-corrected chi connectivity index (χ4v) is 2.49. The summed E-state index contributed by atoms with van der Waals surface area (Å²) >= 11 is 0. The summed E-state index contributed by atoms with van der Waals surface area (Å²) in [5, 5.41) is 3.21. The molecule has 0 saturated heterocycles. The predicted octanol–water partition coefficient (Wildman–Crippen LogP) is -0.723. The van der Waals surface area contributed by atoms with E-state index in [0.717, 1.165) is 12.8 Å². The normalized spacial score (nSPS) is 18.7. The molecule has 0 amide bonds. The molecule has 1 aliphatic rings. The Balaban J connectivity index is 2.39. The second kappa shape index (κ2) is 7.55. The molecule has 1 fully saturated rings. The molecule has 0 aromatic carbocycles. The number of sulfonamides is 1. The maximum absolute atomic E-state index is 11.2. The van der Waals surface area contributed by atoms with Crippen LogP contribution in [0.2, 0.25) is 0 Å². The third-order valence-corrected chi connectivity index (χ3v) is 4.37. The molecule has 0 atom stereocenters. The van der Waals surface area contributed by atoms with Crippen molar-refractivity contribution in [2.24, 2.45) is 10.8 Å². The monoisotopic (exact) mass is 277 g/mol. The zero-order valence-electron chi connectivity index (χ0n) is 10.8. The average molecular weight is 277 g/mol. The summed E-state index contributed by atoms with van der Waals surface area (Å²) in [6.07, 6.45) is 5.92. The van der Waals surface area contributed by atoms with E-state index in [0.29, 0.717) is 12.0 Å². The highest BCUT2D eigenvalue weighted by molar-refractivity contribution is 7.89. The highest BCUT2D eigenvalue weighted by atomic mass is 32.2. The lowest BCUT2D eigenvalue weighted by atomic mass is 9.96. The average Bonchev–Trinajstić information content (AvgIpc) is 2.38. The summed E-state index contributed by atoms with van der Waals surface area (Å²) in [6, 6.07) is 0.384. The van der Waals surface area contributed by atoms with Gasteiger partial charge in [-0.25, -0.2) is 19.0 Å². The molecule has 8 heteroatoms. The van der Waals surface area contributed by atoms with E-state index in [4.69, 9.17) is 5.84 Å². The first-order valence-corrected chi connectivity index (χ1v) is 7.91. The van der Waals surface area contributed by atoms with E-state index < -0.39 is 10.0 Å². The largest absolute Gasteiger partial charge is 0.353 e. The first kappa shape index (κ1) is 15.2. The molecule has 0 aliphatic heterocycles. The minimum atomic E-state index is -3.21. The number of hydrogen-bond donors (Lipinski definition) is 4. The molecule has 1 aliphatic carbocycles. The van der Waals surface area contributed by atoms with Gasteiger partial charge in [-0.2, -0.15) is 0 Å². The van der Waals surface area contributed by atoms with Gasteiger partial charge in [0.15, 0.2) is 0 Å². The lowest BCUT2D eigenvalue weighted by molar-refractivity contribution is 0.410. The van der Waals surface area contributed by atoms with Gasteiger partial charge in [0.2, 0.25) is 16.0 Å². The van der Waals surface area contributed by atoms with Gasteiger partial charge in [0.1, 0.15) is 0 Å². The third kappa shape index (κ3) is 5.65. The van der Waals surface area contributed by atoms with Crippen LogP contribution in [0.3, 0.4) is 0 Å². The van der Waals surface area contributed by atoms with Gasteiger partial charge in [0, 0.05) is 6.04 Å². The van der Waals surface area contributed by atoms with Crippen LogP contribution < -0.4 is 21.3 Å². The first-order valence-electron chi connectivity index (χ1n) is 6.26. The molecule has 1 rings (SSSR count). The Morgan fingerprint density at radius 1 is 1.33 bits per heavy atom. The van der Waals surface area contributed by atoms with Crippen molar-refractivity contribution < 1.29 is 8.42 Å². The Hall–Kier alpha value is -0.860. The van der Waals surface area contributed by atoms with E-state index in [1.54, 1.807) is 0 Å². The van der Waals surface area contributed by atoms with Crippen LogP contribution in [0.5, 0.6) is 0 Å². The van der Waals surface area contributed by atoms with Gasteiger partial charge >= 0.3 is 0 Å². The summed E-state index contributed by atoms with van der Waals surface area (Å²) in [7, 11) is -1.82. The van der Waals surface area contributed by atoms with Crippen LogP contribution in [-0.2, 0) is 10.0 Å². The predicted molar refractivity (Wildman–Crippen MR) is 72.5 cm³/mol. The molecule has 7 nitrogen and oxygen atoms in total. The molecule has 0 aromatic rings. The zero-order valence-corrected chi connectivity index (χ0v) is 11.6. The zero-order chi connectivity index (χ0) is 13.4. The molecular weight excluding hydrogens is 254 g/mol. The topological polar surface area (TPSA) is 109 Å². The summed E-state index contributed by atoms with van der Waals surface area (Å²) in [5.74, 6) is 5.79. The standard InChI is InChI=1S/C10H23N5O2S/c1-12-18(16,17)8-7-13-10(15-11)14-9-5-3-2-4-6-9/h9,12H,2-8,11H2,1H3,(H2,13,14,15). The third-order valence-electron chi connectivity index (χ3n) is 3.02. The maximum Gasteiger partial charge on any atom is 0.213 e. The highest BCUT2D eigenvalue weighted by Crippen LogP contribution is 2.17. The quantitative estimate of drug-likeness (QED) is 0.229. The number of guanidine groups is 1. The van der Waals surface area contributed by atoms with Gasteiger partial charge in [-0.3, -0.25) is 10.4 Å². The molecule has 0 bridgehead atoms. The summed E-state index contributed by atoms with van der Waals surface area (Å²) in [5.41, 5.74) is 2.48. The number of hydrazine groups is 1. The number of aliphatic imine (C=N–C) groups is 1. The summed E-state index contributed by atoms with van der Waals surface area (Å²) in [6.45, 7) is 0.183. The van der Waals surface area contributed by atoms with Gasteiger partial charge in [-0.05, 0) is 19.9 Å². The molecule has 5 N–H and O–H groups in total. The fourth-order valence-electron chi connectivity index (χ4n) is 1.95. The van der Waals surface area contributed by atoms with Crippen LogP contribution in [0.15, 0.2) is 4.99 Å². The summed E-state index contributed by atoms with van der Waals surface area (Å²) in [4.78, 5) is 4.12. The van der Waals surface area contributed by atoms with Crippen LogP contribution in [-0.4, -0.2) is 39.8 Å². The fraction of sp³-hybridized carbons (Fsp3) is 0.900. The molecule has 0 spiro atoms. The van der Waals surface area contributed by atoms with Crippen molar-refractivity contribution in [3.8, 4) is 0 Å². The van der Waals surface area contributed by atoms with Crippen molar-refractivity contribution in [2.45, 2.75) is 38.1 Å². The van der Waals surface area contributed by atoms with Gasteiger partial charge < -0.3 is 5.32 Å². The van der Waals surface area contributed by atoms with E-state index in [1.165, 1.54) is 26.3 Å². The molecule has 106 valence electrons. The molecule has 1 saturated carbocycles. The van der Waals surface area contributed by atoms with Crippen molar-refractivity contribution in [3.63, 3.8) is 0 Å². The molecule has 18 heavy (non-hydrogen) atoms. The lowest BCUT2D eigenvalue weighted by Crippen LogP contribution is -2.47. The minimum absolute atomic E-state index is 0.0406. The number of nitrogens with zero attached hydrogens (tertiary/aromatic N) is 1. The van der Waals surface area contributed by atoms with Gasteiger partial charge in [0.05, 0.1) is 12.3 Å². The smallest absolute Gasteiger partial charge is 0.213 e. The van der Waals surface area contributed by atoms with Crippen LogP contribution in [0, 0.1) is 0 Å². The van der Waals surface area contributed by atoms with Crippen molar-refractivity contribution in [2.75, 3.05) is 19.3 Å². The summed E-state index contributed by atoms with van der Waals surface area (Å²) < 4.78 is 24.7. The van der Waals surface area contributed by atoms with E-state index >= 15 is 0 Å². The molecule has 0 unspecified atom stereocenters. The van der Waals surface area contributed by atoms with Crippen molar-refractivity contribution >= 4 is 16.0 Å². The van der Waals surface area contributed by atoms with Crippen LogP contribution in [0.1, 0.15) is 32.1 Å². The van der Waals surface area contributed by atoms with Gasteiger partial charge in [0.25, 0.3) is 0 Å². The SMILES string of the molecule is CNS(=O)(=O)CCN=C(NN)NC1CCCCC1. The Bertz CT molecular complexity index is 362. The molecule has 0 heterocycles. The van der Waals surface area contributed by atoms with E-state index in [2.05, 4.69) is 20.5 Å². The van der Waals surface area contributed by atoms with E-state index in [1.807, 2.05) is 0 Å². The van der Waals surface area contributed by atoms with Crippen LogP contribution in [0.25, 0.3) is 0 Å². The lowest BCUT2D eigenvalue weighted by Gasteiger charge is -2.24. The molecule has 0 radical (unpaired) electrons. The Morgan fingerprint density at radius 2 is 2.00 bits per heavy atom.